The lowest BCUT2D eigenvalue weighted by molar-refractivity contribution is -0.132. The molecule has 1 aromatic carbocycles. The quantitative estimate of drug-likeness (QED) is 0.838. The van der Waals surface area contributed by atoms with E-state index in [1.807, 2.05) is 37.3 Å². The Hall–Kier alpha value is -1.84. The SMILES string of the molecule is CCCC(C)NC(=O)C1CCN(c2ccccc2)C1=O. The molecule has 4 nitrogen and oxygen atoms in total. The molecule has 0 aliphatic carbocycles. The number of hydrogen-bond donors (Lipinski definition) is 1. The van der Waals surface area contributed by atoms with Crippen molar-refractivity contribution in [3.8, 4) is 0 Å². The maximum Gasteiger partial charge on any atom is 0.239 e. The van der Waals surface area contributed by atoms with Gasteiger partial charge in [-0.25, -0.2) is 0 Å². The van der Waals surface area contributed by atoms with Gasteiger partial charge in [-0.05, 0) is 31.9 Å². The summed E-state index contributed by atoms with van der Waals surface area (Å²) in [5.41, 5.74) is 0.870. The van der Waals surface area contributed by atoms with Crippen molar-refractivity contribution in [2.45, 2.75) is 39.2 Å². The van der Waals surface area contributed by atoms with Gasteiger partial charge in [-0.3, -0.25) is 9.59 Å². The maximum atomic E-state index is 12.4. The van der Waals surface area contributed by atoms with Gasteiger partial charge in [0.25, 0.3) is 0 Å². The number of amides is 2. The van der Waals surface area contributed by atoms with Crippen molar-refractivity contribution in [2.75, 3.05) is 11.4 Å². The number of para-hydroxylation sites is 1. The number of benzene rings is 1. The highest BCUT2D eigenvalue weighted by atomic mass is 16.2. The van der Waals surface area contributed by atoms with E-state index in [0.29, 0.717) is 13.0 Å². The fourth-order valence-electron chi connectivity index (χ4n) is 2.64. The summed E-state index contributed by atoms with van der Waals surface area (Å²) in [6, 6.07) is 9.65. The van der Waals surface area contributed by atoms with Crippen LogP contribution in [0.25, 0.3) is 0 Å². The molecule has 0 spiro atoms. The van der Waals surface area contributed by atoms with E-state index in [0.717, 1.165) is 18.5 Å². The summed E-state index contributed by atoms with van der Waals surface area (Å²) in [6.45, 7) is 4.68. The molecule has 1 N–H and O–H groups in total. The second-order valence-corrected chi connectivity index (χ2v) is 5.36. The van der Waals surface area contributed by atoms with Crippen LogP contribution in [-0.2, 0) is 9.59 Å². The average Bonchev–Trinajstić information content (AvgIpc) is 2.82. The minimum absolute atomic E-state index is 0.0857. The van der Waals surface area contributed by atoms with E-state index in [1.165, 1.54) is 0 Å². The van der Waals surface area contributed by atoms with Crippen LogP contribution >= 0.6 is 0 Å². The first-order valence-electron chi connectivity index (χ1n) is 7.30. The number of nitrogens with zero attached hydrogens (tertiary/aromatic N) is 1. The number of nitrogens with one attached hydrogen (secondary N) is 1. The zero-order valence-electron chi connectivity index (χ0n) is 12.1. The highest BCUT2D eigenvalue weighted by Gasteiger charge is 2.37. The lowest BCUT2D eigenvalue weighted by Gasteiger charge is -2.18. The number of carbonyl (C=O) groups is 2. The Kier molecular flexibility index (Phi) is 4.77. The van der Waals surface area contributed by atoms with Crippen LogP contribution in [0.15, 0.2) is 30.3 Å². The Morgan fingerprint density at radius 1 is 1.40 bits per heavy atom. The minimum atomic E-state index is -0.533. The first-order valence-corrected chi connectivity index (χ1v) is 7.30. The van der Waals surface area contributed by atoms with Crippen LogP contribution in [0, 0.1) is 5.92 Å². The molecule has 0 radical (unpaired) electrons. The Balaban J connectivity index is 1.99. The van der Waals surface area contributed by atoms with Gasteiger partial charge in [0.15, 0.2) is 0 Å². The third kappa shape index (κ3) is 3.18. The van der Waals surface area contributed by atoms with Crippen LogP contribution in [0.1, 0.15) is 33.1 Å². The molecule has 0 saturated carbocycles. The smallest absolute Gasteiger partial charge is 0.239 e. The predicted molar refractivity (Wildman–Crippen MR) is 79.4 cm³/mol. The van der Waals surface area contributed by atoms with Crippen LogP contribution in [0.5, 0.6) is 0 Å². The van der Waals surface area contributed by atoms with Gasteiger partial charge in [0.2, 0.25) is 11.8 Å². The topological polar surface area (TPSA) is 49.4 Å². The van der Waals surface area contributed by atoms with Gasteiger partial charge >= 0.3 is 0 Å². The van der Waals surface area contributed by atoms with Crippen LogP contribution in [0.3, 0.4) is 0 Å². The lowest BCUT2D eigenvalue weighted by Crippen LogP contribution is -2.40. The van der Waals surface area contributed by atoms with Crippen molar-refractivity contribution in [2.24, 2.45) is 5.92 Å². The van der Waals surface area contributed by atoms with E-state index < -0.39 is 5.92 Å². The molecule has 2 amide bonds. The molecule has 0 aromatic heterocycles. The van der Waals surface area contributed by atoms with Crippen molar-refractivity contribution in [3.63, 3.8) is 0 Å². The van der Waals surface area contributed by atoms with E-state index in [2.05, 4.69) is 12.2 Å². The summed E-state index contributed by atoms with van der Waals surface area (Å²) in [5.74, 6) is -0.749. The predicted octanol–water partition coefficient (Wildman–Crippen LogP) is 2.34. The summed E-state index contributed by atoms with van der Waals surface area (Å²) in [7, 11) is 0. The second-order valence-electron chi connectivity index (χ2n) is 5.36. The molecule has 20 heavy (non-hydrogen) atoms. The van der Waals surface area contributed by atoms with Gasteiger partial charge in [-0.2, -0.15) is 0 Å². The maximum absolute atomic E-state index is 12.4. The first-order chi connectivity index (χ1) is 9.63. The number of hydrogen-bond acceptors (Lipinski definition) is 2. The summed E-state index contributed by atoms with van der Waals surface area (Å²) >= 11 is 0. The monoisotopic (exact) mass is 274 g/mol. The largest absolute Gasteiger partial charge is 0.353 e. The summed E-state index contributed by atoms with van der Waals surface area (Å²) < 4.78 is 0. The average molecular weight is 274 g/mol. The van der Waals surface area contributed by atoms with Gasteiger partial charge in [-0.1, -0.05) is 31.5 Å². The van der Waals surface area contributed by atoms with Crippen molar-refractivity contribution < 1.29 is 9.59 Å². The van der Waals surface area contributed by atoms with Crippen LogP contribution in [0.2, 0.25) is 0 Å². The van der Waals surface area contributed by atoms with Crippen LogP contribution < -0.4 is 10.2 Å². The fraction of sp³-hybridized carbons (Fsp3) is 0.500. The molecule has 0 bridgehead atoms. The van der Waals surface area contributed by atoms with E-state index >= 15 is 0 Å². The second kappa shape index (κ2) is 6.55. The summed E-state index contributed by atoms with van der Waals surface area (Å²) in [5, 5.41) is 2.94. The molecule has 1 saturated heterocycles. The van der Waals surface area contributed by atoms with E-state index in [4.69, 9.17) is 0 Å². The fourth-order valence-corrected chi connectivity index (χ4v) is 2.64. The third-order valence-electron chi connectivity index (χ3n) is 3.70. The van der Waals surface area contributed by atoms with E-state index in [-0.39, 0.29) is 17.9 Å². The van der Waals surface area contributed by atoms with E-state index in [9.17, 15) is 9.59 Å². The molecule has 1 heterocycles. The summed E-state index contributed by atoms with van der Waals surface area (Å²) in [4.78, 5) is 26.2. The zero-order chi connectivity index (χ0) is 14.5. The van der Waals surface area contributed by atoms with Crippen molar-refractivity contribution in [1.29, 1.82) is 0 Å². The first kappa shape index (κ1) is 14.6. The van der Waals surface area contributed by atoms with Gasteiger partial charge in [0.05, 0.1) is 0 Å². The Morgan fingerprint density at radius 3 is 2.75 bits per heavy atom. The van der Waals surface area contributed by atoms with Crippen LogP contribution in [-0.4, -0.2) is 24.4 Å². The Bertz CT molecular complexity index is 473. The molecule has 1 aliphatic heterocycles. The summed E-state index contributed by atoms with van der Waals surface area (Å²) in [6.07, 6.45) is 2.56. The molecule has 4 heteroatoms. The Labute approximate surface area is 120 Å². The highest BCUT2D eigenvalue weighted by Crippen LogP contribution is 2.25. The molecule has 1 aromatic rings. The molecular weight excluding hydrogens is 252 g/mol. The van der Waals surface area contributed by atoms with Gasteiger partial charge < -0.3 is 10.2 Å². The third-order valence-corrected chi connectivity index (χ3v) is 3.70. The van der Waals surface area contributed by atoms with Gasteiger partial charge in [-0.15, -0.1) is 0 Å². The van der Waals surface area contributed by atoms with Crippen molar-refractivity contribution in [1.82, 2.24) is 5.32 Å². The van der Waals surface area contributed by atoms with Crippen molar-refractivity contribution in [3.05, 3.63) is 30.3 Å². The lowest BCUT2D eigenvalue weighted by atomic mass is 10.1. The molecule has 2 unspecified atom stereocenters. The minimum Gasteiger partial charge on any atom is -0.353 e. The normalized spacial score (nSPS) is 20.0. The highest BCUT2D eigenvalue weighted by molar-refractivity contribution is 6.09. The van der Waals surface area contributed by atoms with E-state index in [1.54, 1.807) is 4.90 Å². The Morgan fingerprint density at radius 2 is 2.10 bits per heavy atom. The molecule has 2 atom stereocenters. The number of rotatable bonds is 5. The van der Waals surface area contributed by atoms with Gasteiger partial charge in [0, 0.05) is 18.3 Å². The zero-order valence-corrected chi connectivity index (χ0v) is 12.1. The van der Waals surface area contributed by atoms with Crippen molar-refractivity contribution >= 4 is 17.5 Å². The number of carbonyl (C=O) groups excluding carboxylic acids is 2. The molecule has 1 aliphatic rings. The molecular formula is C16H22N2O2. The van der Waals surface area contributed by atoms with Crippen LogP contribution in [0.4, 0.5) is 5.69 Å². The molecule has 1 fully saturated rings. The molecule has 2 rings (SSSR count). The standard InChI is InChI=1S/C16H22N2O2/c1-3-7-12(2)17-15(19)14-10-11-18(16(14)20)13-8-5-4-6-9-13/h4-6,8-9,12,14H,3,7,10-11H2,1-2H3,(H,17,19). The molecule has 108 valence electrons. The number of anilines is 1. The van der Waals surface area contributed by atoms with Gasteiger partial charge in [0.1, 0.15) is 5.92 Å².